The highest BCUT2D eigenvalue weighted by Gasteiger charge is 2.27. The maximum atomic E-state index is 11.4. The third-order valence-electron chi connectivity index (χ3n) is 2.43. The number of aromatic nitrogens is 2. The molecule has 76 valence electrons. The van der Waals surface area contributed by atoms with Gasteiger partial charge in [0.2, 0.25) is 0 Å². The molecular weight excluding hydrogens is 180 g/mol. The lowest BCUT2D eigenvalue weighted by Crippen LogP contribution is -2.07. The zero-order valence-corrected chi connectivity index (χ0v) is 8.49. The van der Waals surface area contributed by atoms with Crippen molar-refractivity contribution < 1.29 is 9.53 Å². The summed E-state index contributed by atoms with van der Waals surface area (Å²) in [4.78, 5) is 11.4. The first-order valence-electron chi connectivity index (χ1n) is 4.95. The number of carbonyl (C=O) groups excluding carboxylic acids is 1. The molecule has 0 bridgehead atoms. The molecule has 1 aliphatic rings. The number of esters is 1. The fraction of sp³-hybridized carbons (Fsp3) is 0.600. The first-order chi connectivity index (χ1) is 6.74. The van der Waals surface area contributed by atoms with Gasteiger partial charge in [-0.05, 0) is 26.7 Å². The minimum atomic E-state index is -0.267. The fourth-order valence-corrected chi connectivity index (χ4v) is 1.52. The van der Waals surface area contributed by atoms with E-state index in [0.29, 0.717) is 18.2 Å². The molecule has 1 saturated carbocycles. The number of hydrogen-bond donors (Lipinski definition) is 0. The van der Waals surface area contributed by atoms with Gasteiger partial charge >= 0.3 is 5.97 Å². The third kappa shape index (κ3) is 1.52. The van der Waals surface area contributed by atoms with Gasteiger partial charge in [-0.1, -0.05) is 0 Å². The summed E-state index contributed by atoms with van der Waals surface area (Å²) in [7, 11) is 0. The van der Waals surface area contributed by atoms with Gasteiger partial charge in [0.15, 0.2) is 0 Å². The number of nitrogens with zero attached hydrogens (tertiary/aromatic N) is 2. The zero-order chi connectivity index (χ0) is 10.1. The van der Waals surface area contributed by atoms with Crippen molar-refractivity contribution in [3.63, 3.8) is 0 Å². The van der Waals surface area contributed by atoms with Gasteiger partial charge in [0.05, 0.1) is 24.5 Å². The molecule has 4 heteroatoms. The molecule has 1 aliphatic carbocycles. The van der Waals surface area contributed by atoms with E-state index in [0.717, 1.165) is 5.69 Å². The highest BCUT2D eigenvalue weighted by molar-refractivity contribution is 5.90. The monoisotopic (exact) mass is 194 g/mol. The molecule has 0 N–H and O–H groups in total. The van der Waals surface area contributed by atoms with E-state index in [-0.39, 0.29) is 5.97 Å². The Kier molecular flexibility index (Phi) is 2.27. The van der Waals surface area contributed by atoms with Gasteiger partial charge in [0.25, 0.3) is 0 Å². The van der Waals surface area contributed by atoms with Crippen molar-refractivity contribution in [3.05, 3.63) is 17.5 Å². The molecule has 0 spiro atoms. The summed E-state index contributed by atoms with van der Waals surface area (Å²) >= 11 is 0. The second-order valence-corrected chi connectivity index (χ2v) is 3.54. The van der Waals surface area contributed by atoms with Crippen molar-refractivity contribution in [2.24, 2.45) is 0 Å². The van der Waals surface area contributed by atoms with Crippen LogP contribution in [-0.4, -0.2) is 22.4 Å². The molecule has 2 rings (SSSR count). The lowest BCUT2D eigenvalue weighted by Gasteiger charge is -2.02. The van der Waals surface area contributed by atoms with Crippen molar-refractivity contribution in [2.45, 2.75) is 32.7 Å². The van der Waals surface area contributed by atoms with Crippen LogP contribution in [0, 0.1) is 6.92 Å². The Bertz CT molecular complexity index is 353. The molecule has 1 fully saturated rings. The van der Waals surface area contributed by atoms with Gasteiger partial charge in [-0.3, -0.25) is 4.68 Å². The molecule has 0 aromatic carbocycles. The molecule has 4 nitrogen and oxygen atoms in total. The Morgan fingerprint density at radius 1 is 1.71 bits per heavy atom. The number of rotatable bonds is 3. The number of hydrogen-bond acceptors (Lipinski definition) is 3. The van der Waals surface area contributed by atoms with Crippen LogP contribution in [-0.2, 0) is 4.74 Å². The SMILES string of the molecule is CCOC(=O)c1cnn(C2CC2)c1C. The molecule has 1 aromatic rings. The van der Waals surface area contributed by atoms with Gasteiger partial charge in [0.1, 0.15) is 5.56 Å². The van der Waals surface area contributed by atoms with Crippen molar-refractivity contribution in [1.82, 2.24) is 9.78 Å². The van der Waals surface area contributed by atoms with Crippen LogP contribution in [0.3, 0.4) is 0 Å². The van der Waals surface area contributed by atoms with Gasteiger partial charge in [-0.2, -0.15) is 5.10 Å². The molecule has 0 radical (unpaired) electrons. The fourth-order valence-electron chi connectivity index (χ4n) is 1.52. The van der Waals surface area contributed by atoms with Crippen molar-refractivity contribution in [3.8, 4) is 0 Å². The molecule has 0 aliphatic heterocycles. The summed E-state index contributed by atoms with van der Waals surface area (Å²) in [5, 5.41) is 4.20. The van der Waals surface area contributed by atoms with Crippen LogP contribution < -0.4 is 0 Å². The Balaban J connectivity index is 2.21. The molecule has 14 heavy (non-hydrogen) atoms. The predicted molar refractivity (Wildman–Crippen MR) is 51.2 cm³/mol. The van der Waals surface area contributed by atoms with Crippen LogP contribution in [0.5, 0.6) is 0 Å². The Labute approximate surface area is 82.9 Å². The zero-order valence-electron chi connectivity index (χ0n) is 8.49. The smallest absolute Gasteiger partial charge is 0.341 e. The van der Waals surface area contributed by atoms with Gasteiger partial charge in [0, 0.05) is 0 Å². The highest BCUT2D eigenvalue weighted by atomic mass is 16.5. The lowest BCUT2D eigenvalue weighted by atomic mass is 10.2. The van der Waals surface area contributed by atoms with Crippen molar-refractivity contribution in [1.29, 1.82) is 0 Å². The summed E-state index contributed by atoms with van der Waals surface area (Å²) in [5.74, 6) is -0.267. The lowest BCUT2D eigenvalue weighted by molar-refractivity contribution is 0.0525. The highest BCUT2D eigenvalue weighted by Crippen LogP contribution is 2.35. The van der Waals surface area contributed by atoms with Crippen molar-refractivity contribution >= 4 is 5.97 Å². The van der Waals surface area contributed by atoms with Crippen molar-refractivity contribution in [2.75, 3.05) is 6.61 Å². The number of carbonyl (C=O) groups is 1. The summed E-state index contributed by atoms with van der Waals surface area (Å²) in [5.41, 5.74) is 1.52. The quantitative estimate of drug-likeness (QED) is 0.688. The van der Waals surface area contributed by atoms with E-state index in [1.165, 1.54) is 12.8 Å². The van der Waals surface area contributed by atoms with E-state index in [1.807, 2.05) is 11.6 Å². The topological polar surface area (TPSA) is 44.1 Å². The van der Waals surface area contributed by atoms with E-state index < -0.39 is 0 Å². The Morgan fingerprint density at radius 3 is 3.00 bits per heavy atom. The van der Waals surface area contributed by atoms with Crippen LogP contribution in [0.1, 0.15) is 41.9 Å². The maximum Gasteiger partial charge on any atom is 0.341 e. The second kappa shape index (κ2) is 3.44. The van der Waals surface area contributed by atoms with Crippen LogP contribution in [0.15, 0.2) is 6.20 Å². The summed E-state index contributed by atoms with van der Waals surface area (Å²) < 4.78 is 6.85. The summed E-state index contributed by atoms with van der Waals surface area (Å²) in [6.07, 6.45) is 3.95. The normalized spacial score (nSPS) is 15.6. The van der Waals surface area contributed by atoms with E-state index in [4.69, 9.17) is 4.74 Å². The molecular formula is C10H14N2O2. The molecule has 0 unspecified atom stereocenters. The number of ether oxygens (including phenoxy) is 1. The van der Waals surface area contributed by atoms with Crippen LogP contribution in [0.25, 0.3) is 0 Å². The van der Waals surface area contributed by atoms with Gasteiger partial charge in [-0.15, -0.1) is 0 Å². The van der Waals surface area contributed by atoms with E-state index in [2.05, 4.69) is 5.10 Å². The Morgan fingerprint density at radius 2 is 2.43 bits per heavy atom. The van der Waals surface area contributed by atoms with Gasteiger partial charge < -0.3 is 4.74 Å². The van der Waals surface area contributed by atoms with E-state index in [1.54, 1.807) is 13.1 Å². The van der Waals surface area contributed by atoms with E-state index in [9.17, 15) is 4.79 Å². The van der Waals surface area contributed by atoms with Crippen LogP contribution in [0.4, 0.5) is 0 Å². The van der Waals surface area contributed by atoms with E-state index >= 15 is 0 Å². The average molecular weight is 194 g/mol. The predicted octanol–water partition coefficient (Wildman–Crippen LogP) is 1.70. The first-order valence-corrected chi connectivity index (χ1v) is 4.95. The largest absolute Gasteiger partial charge is 0.462 e. The molecule has 0 amide bonds. The van der Waals surface area contributed by atoms with Gasteiger partial charge in [-0.25, -0.2) is 4.79 Å². The second-order valence-electron chi connectivity index (χ2n) is 3.54. The summed E-state index contributed by atoms with van der Waals surface area (Å²) in [6, 6.07) is 0.512. The minimum absolute atomic E-state index is 0.267. The first kappa shape index (κ1) is 9.24. The van der Waals surface area contributed by atoms with Crippen LogP contribution >= 0.6 is 0 Å². The molecule has 0 saturated heterocycles. The third-order valence-corrected chi connectivity index (χ3v) is 2.43. The minimum Gasteiger partial charge on any atom is -0.462 e. The molecule has 1 heterocycles. The average Bonchev–Trinajstić information content (AvgIpc) is 2.91. The molecule has 0 atom stereocenters. The maximum absolute atomic E-state index is 11.4. The van der Waals surface area contributed by atoms with Crippen LogP contribution in [0.2, 0.25) is 0 Å². The molecule has 1 aromatic heterocycles. The standard InChI is InChI=1S/C10H14N2O2/c1-3-14-10(13)9-6-11-12(7(9)2)8-4-5-8/h6,8H,3-5H2,1-2H3. The summed E-state index contributed by atoms with van der Waals surface area (Å²) in [6.45, 7) is 4.13. The Hall–Kier alpha value is -1.32.